The second-order valence-electron chi connectivity index (χ2n) is 5.43. The van der Waals surface area contributed by atoms with Gasteiger partial charge >= 0.3 is 5.69 Å². The van der Waals surface area contributed by atoms with E-state index in [1.807, 2.05) is 25.7 Å². The van der Waals surface area contributed by atoms with Gasteiger partial charge in [0.05, 0.1) is 16.6 Å². The first-order valence-electron chi connectivity index (χ1n) is 6.16. The average Bonchev–Trinajstić information content (AvgIpc) is 2.25. The van der Waals surface area contributed by atoms with E-state index in [4.69, 9.17) is 16.3 Å². The summed E-state index contributed by atoms with van der Waals surface area (Å²) in [7, 11) is 0. The van der Waals surface area contributed by atoms with Crippen LogP contribution in [0.15, 0.2) is 18.2 Å². The van der Waals surface area contributed by atoms with E-state index in [1.54, 1.807) is 12.1 Å². The van der Waals surface area contributed by atoms with Crippen LogP contribution in [0, 0.1) is 10.1 Å². The van der Waals surface area contributed by atoms with E-state index >= 15 is 0 Å². The van der Waals surface area contributed by atoms with E-state index in [0.29, 0.717) is 18.8 Å². The van der Waals surface area contributed by atoms with E-state index in [9.17, 15) is 10.1 Å². The summed E-state index contributed by atoms with van der Waals surface area (Å²) in [5.74, 6) is 0. The molecule has 1 aromatic carbocycles. The topological polar surface area (TPSA) is 55.6 Å². The lowest BCUT2D eigenvalue weighted by Gasteiger charge is -2.42. The number of nitrogens with zero attached hydrogens (tertiary/aromatic N) is 2. The van der Waals surface area contributed by atoms with E-state index < -0.39 is 4.92 Å². The number of ether oxygens (including phenoxy) is 1. The molecule has 1 atom stereocenters. The molecule has 0 bridgehead atoms. The molecule has 1 aliphatic rings. The molecule has 0 amide bonds. The third kappa shape index (κ3) is 2.98. The minimum atomic E-state index is -0.426. The van der Waals surface area contributed by atoms with Crippen LogP contribution in [0.2, 0.25) is 5.02 Å². The Balaban J connectivity index is 2.41. The zero-order valence-corrected chi connectivity index (χ0v) is 12.0. The van der Waals surface area contributed by atoms with Crippen LogP contribution in [-0.2, 0) is 4.74 Å². The molecule has 1 unspecified atom stereocenters. The fourth-order valence-corrected chi connectivity index (χ4v) is 2.82. The highest BCUT2D eigenvalue weighted by atomic mass is 35.5. The molecule has 6 heteroatoms. The summed E-state index contributed by atoms with van der Waals surface area (Å²) in [6.45, 7) is 7.13. The van der Waals surface area contributed by atoms with Crippen molar-refractivity contribution in [2.24, 2.45) is 0 Å². The SMILES string of the molecule is CC1CN(c2cccc(Cl)c2[N+](=O)[O-])CC(C)(C)O1. The third-order valence-electron chi connectivity index (χ3n) is 3.06. The van der Waals surface area contributed by atoms with E-state index in [0.717, 1.165) is 0 Å². The van der Waals surface area contributed by atoms with Gasteiger partial charge in [0, 0.05) is 13.1 Å². The molecule has 0 N–H and O–H groups in total. The highest BCUT2D eigenvalue weighted by molar-refractivity contribution is 6.33. The lowest BCUT2D eigenvalue weighted by Crippen LogP contribution is -2.52. The molecule has 0 aromatic heterocycles. The maximum absolute atomic E-state index is 11.2. The Kier molecular flexibility index (Phi) is 3.69. The molecular weight excluding hydrogens is 268 g/mol. The van der Waals surface area contributed by atoms with Crippen LogP contribution in [0.5, 0.6) is 0 Å². The highest BCUT2D eigenvalue weighted by Gasteiger charge is 2.34. The van der Waals surface area contributed by atoms with Crippen LogP contribution in [0.25, 0.3) is 0 Å². The summed E-state index contributed by atoms with van der Waals surface area (Å²) in [6, 6.07) is 5.01. The highest BCUT2D eigenvalue weighted by Crippen LogP contribution is 2.37. The Labute approximate surface area is 117 Å². The minimum absolute atomic E-state index is 0.0161. The summed E-state index contributed by atoms with van der Waals surface area (Å²) in [6.07, 6.45) is 0.0161. The Morgan fingerprint density at radius 1 is 1.53 bits per heavy atom. The normalized spacial score (nSPS) is 22.3. The Morgan fingerprint density at radius 2 is 2.21 bits per heavy atom. The summed E-state index contributed by atoms with van der Waals surface area (Å²) >= 11 is 5.95. The van der Waals surface area contributed by atoms with Crippen molar-refractivity contribution < 1.29 is 9.66 Å². The van der Waals surface area contributed by atoms with Gasteiger partial charge in [-0.3, -0.25) is 10.1 Å². The molecule has 5 nitrogen and oxygen atoms in total. The van der Waals surface area contributed by atoms with Gasteiger partial charge < -0.3 is 9.64 Å². The number of para-hydroxylation sites is 1. The molecule has 1 aliphatic heterocycles. The van der Waals surface area contributed by atoms with Crippen LogP contribution in [0.3, 0.4) is 0 Å². The molecule has 104 valence electrons. The Morgan fingerprint density at radius 3 is 2.79 bits per heavy atom. The van der Waals surface area contributed by atoms with Crippen molar-refractivity contribution in [3.8, 4) is 0 Å². The lowest BCUT2D eigenvalue weighted by molar-refractivity contribution is -0.384. The van der Waals surface area contributed by atoms with Crippen LogP contribution in [0.4, 0.5) is 11.4 Å². The zero-order valence-electron chi connectivity index (χ0n) is 11.2. The smallest absolute Gasteiger partial charge is 0.310 e. The second-order valence-corrected chi connectivity index (χ2v) is 5.84. The standard InChI is InChI=1S/C13H17ClN2O3/c1-9-7-15(8-13(2,3)19-9)11-6-4-5-10(14)12(11)16(17)18/h4-6,9H,7-8H2,1-3H3. The molecule has 1 heterocycles. The van der Waals surface area contributed by atoms with E-state index in [2.05, 4.69) is 0 Å². The largest absolute Gasteiger partial charge is 0.369 e. The predicted molar refractivity (Wildman–Crippen MR) is 74.9 cm³/mol. The molecule has 0 aliphatic carbocycles. The van der Waals surface area contributed by atoms with Crippen molar-refractivity contribution in [3.05, 3.63) is 33.3 Å². The number of benzene rings is 1. The van der Waals surface area contributed by atoms with E-state index in [1.165, 1.54) is 6.07 Å². The van der Waals surface area contributed by atoms with Crippen LogP contribution in [-0.4, -0.2) is 29.7 Å². The first-order valence-corrected chi connectivity index (χ1v) is 6.53. The molecule has 0 spiro atoms. The number of nitro benzene ring substituents is 1. The number of hydrogen-bond acceptors (Lipinski definition) is 4. The Bertz CT molecular complexity index is 505. The maximum atomic E-state index is 11.2. The van der Waals surface area contributed by atoms with Crippen molar-refractivity contribution in [3.63, 3.8) is 0 Å². The molecule has 0 saturated carbocycles. The Hall–Kier alpha value is -1.33. The molecular formula is C13H17ClN2O3. The quantitative estimate of drug-likeness (QED) is 0.618. The van der Waals surface area contributed by atoms with Crippen molar-refractivity contribution in [2.75, 3.05) is 18.0 Å². The number of nitro groups is 1. The molecule has 1 aromatic rings. The number of halogens is 1. The average molecular weight is 285 g/mol. The summed E-state index contributed by atoms with van der Waals surface area (Å²) in [5.41, 5.74) is 0.184. The van der Waals surface area contributed by atoms with Gasteiger partial charge in [-0.1, -0.05) is 17.7 Å². The molecule has 1 fully saturated rings. The second kappa shape index (κ2) is 4.98. The van der Waals surface area contributed by atoms with Crippen LogP contribution < -0.4 is 4.90 Å². The van der Waals surface area contributed by atoms with Crippen LogP contribution >= 0.6 is 11.6 Å². The van der Waals surface area contributed by atoms with Crippen LogP contribution in [0.1, 0.15) is 20.8 Å². The van der Waals surface area contributed by atoms with Crippen molar-refractivity contribution >= 4 is 23.0 Å². The number of anilines is 1. The fraction of sp³-hybridized carbons (Fsp3) is 0.538. The van der Waals surface area contributed by atoms with Gasteiger partial charge in [0.1, 0.15) is 10.7 Å². The fourth-order valence-electron chi connectivity index (χ4n) is 2.58. The molecule has 19 heavy (non-hydrogen) atoms. The van der Waals surface area contributed by atoms with Gasteiger partial charge in [-0.2, -0.15) is 0 Å². The first-order chi connectivity index (χ1) is 8.80. The molecule has 0 radical (unpaired) electrons. The number of hydrogen-bond donors (Lipinski definition) is 0. The van der Waals surface area contributed by atoms with Gasteiger partial charge in [0.15, 0.2) is 0 Å². The van der Waals surface area contributed by atoms with Gasteiger partial charge in [-0.15, -0.1) is 0 Å². The summed E-state index contributed by atoms with van der Waals surface area (Å²) < 4.78 is 5.81. The molecule has 2 rings (SSSR count). The number of rotatable bonds is 2. The third-order valence-corrected chi connectivity index (χ3v) is 3.36. The van der Waals surface area contributed by atoms with Crippen molar-refractivity contribution in [1.82, 2.24) is 0 Å². The summed E-state index contributed by atoms with van der Waals surface area (Å²) in [4.78, 5) is 12.7. The monoisotopic (exact) mass is 284 g/mol. The lowest BCUT2D eigenvalue weighted by atomic mass is 10.0. The predicted octanol–water partition coefficient (Wildman–Crippen LogP) is 3.25. The van der Waals surface area contributed by atoms with Gasteiger partial charge in [0.25, 0.3) is 0 Å². The summed E-state index contributed by atoms with van der Waals surface area (Å²) in [5, 5.41) is 11.4. The van der Waals surface area contributed by atoms with Crippen molar-refractivity contribution in [1.29, 1.82) is 0 Å². The van der Waals surface area contributed by atoms with E-state index in [-0.39, 0.29) is 22.4 Å². The first kappa shape index (κ1) is 14.1. The molecule has 1 saturated heterocycles. The van der Waals surface area contributed by atoms with Gasteiger partial charge in [-0.25, -0.2) is 0 Å². The van der Waals surface area contributed by atoms with Gasteiger partial charge in [0.2, 0.25) is 0 Å². The maximum Gasteiger partial charge on any atom is 0.310 e. The minimum Gasteiger partial charge on any atom is -0.369 e. The van der Waals surface area contributed by atoms with Gasteiger partial charge in [-0.05, 0) is 32.9 Å². The van der Waals surface area contributed by atoms with Crippen molar-refractivity contribution in [2.45, 2.75) is 32.5 Å². The number of morpholine rings is 1. The zero-order chi connectivity index (χ0) is 14.2.